The molecule has 0 bridgehead atoms. The normalized spacial score (nSPS) is 20.8. The summed E-state index contributed by atoms with van der Waals surface area (Å²) in [7, 11) is 4.14. The van der Waals surface area contributed by atoms with Crippen LogP contribution in [-0.4, -0.2) is 35.9 Å². The lowest BCUT2D eigenvalue weighted by molar-refractivity contribution is 0.108. The Bertz CT molecular complexity index is 640. The zero-order chi connectivity index (χ0) is 15.5. The molecule has 116 valence electrons. The minimum atomic E-state index is 0.298. The highest BCUT2D eigenvalue weighted by atomic mass is 32.2. The second-order valence-corrected chi connectivity index (χ2v) is 6.93. The third-order valence-electron chi connectivity index (χ3n) is 3.47. The number of thioether (sulfide) groups is 1. The molecule has 22 heavy (non-hydrogen) atoms. The van der Waals surface area contributed by atoms with Gasteiger partial charge in [0.15, 0.2) is 5.17 Å². The predicted octanol–water partition coefficient (Wildman–Crippen LogP) is 4.36. The summed E-state index contributed by atoms with van der Waals surface area (Å²) in [5, 5.41) is 7.73. The highest BCUT2D eigenvalue weighted by molar-refractivity contribution is 8.14. The van der Waals surface area contributed by atoms with Gasteiger partial charge in [0.2, 0.25) is 0 Å². The van der Waals surface area contributed by atoms with E-state index in [-0.39, 0.29) is 0 Å². The van der Waals surface area contributed by atoms with Crippen molar-refractivity contribution in [3.05, 3.63) is 46.7 Å². The van der Waals surface area contributed by atoms with Gasteiger partial charge in [0, 0.05) is 19.0 Å². The lowest BCUT2D eigenvalue weighted by atomic mass is 10.3. The summed E-state index contributed by atoms with van der Waals surface area (Å²) in [4.78, 5) is 6.11. The van der Waals surface area contributed by atoms with Crippen LogP contribution in [0.15, 0.2) is 46.8 Å². The molecule has 0 aliphatic carbocycles. The van der Waals surface area contributed by atoms with E-state index in [2.05, 4.69) is 34.6 Å². The molecule has 1 aromatic carbocycles. The van der Waals surface area contributed by atoms with E-state index in [9.17, 15) is 0 Å². The Balaban J connectivity index is 1.79. The number of nitrogens with zero attached hydrogens (tertiary/aromatic N) is 3. The molecule has 0 saturated carbocycles. The number of hydrogen-bond donors (Lipinski definition) is 0. The van der Waals surface area contributed by atoms with Crippen LogP contribution in [-0.2, 0) is 0 Å². The molecule has 1 atom stereocenters. The second-order valence-electron chi connectivity index (χ2n) is 4.90. The van der Waals surface area contributed by atoms with E-state index < -0.39 is 0 Å². The first-order valence-electron chi connectivity index (χ1n) is 7.17. The zero-order valence-electron chi connectivity index (χ0n) is 12.9. The number of hydrazine groups is 1. The summed E-state index contributed by atoms with van der Waals surface area (Å²) in [6.07, 6.45) is 0. The van der Waals surface area contributed by atoms with E-state index in [1.165, 1.54) is 4.88 Å². The third kappa shape index (κ3) is 3.14. The lowest BCUT2D eigenvalue weighted by Crippen LogP contribution is -2.33. The van der Waals surface area contributed by atoms with Crippen LogP contribution in [0.3, 0.4) is 0 Å². The van der Waals surface area contributed by atoms with Crippen molar-refractivity contribution in [1.29, 1.82) is 0 Å². The summed E-state index contributed by atoms with van der Waals surface area (Å²) in [5.74, 6) is 0.882. The second kappa shape index (κ2) is 6.73. The molecule has 1 aliphatic rings. The van der Waals surface area contributed by atoms with Gasteiger partial charge in [-0.15, -0.1) is 11.3 Å². The first kappa shape index (κ1) is 15.4. The maximum atomic E-state index is 5.46. The van der Waals surface area contributed by atoms with Crippen molar-refractivity contribution in [2.75, 3.05) is 20.7 Å². The average Bonchev–Trinajstić information content (AvgIpc) is 3.14. The molecule has 1 aromatic heterocycles. The summed E-state index contributed by atoms with van der Waals surface area (Å²) in [5.41, 5.74) is 0.943. The minimum absolute atomic E-state index is 0.298. The predicted molar refractivity (Wildman–Crippen MR) is 94.9 cm³/mol. The summed E-state index contributed by atoms with van der Waals surface area (Å²) < 4.78 is 5.46. The van der Waals surface area contributed by atoms with Crippen molar-refractivity contribution >= 4 is 34.0 Å². The standard InChI is InChI=1S/C16H19N3OS2/c1-4-20-13-9-7-12(8-10-13)17-16-19(3)18(2)15(22-16)14-6-5-11-21-14/h5-11,15H,4H2,1-3H3. The van der Waals surface area contributed by atoms with Crippen molar-refractivity contribution in [1.82, 2.24) is 10.0 Å². The van der Waals surface area contributed by atoms with E-state index in [0.29, 0.717) is 12.0 Å². The van der Waals surface area contributed by atoms with Crippen LogP contribution >= 0.6 is 23.1 Å². The van der Waals surface area contributed by atoms with Crippen molar-refractivity contribution < 1.29 is 4.74 Å². The summed E-state index contributed by atoms with van der Waals surface area (Å²) >= 11 is 3.56. The van der Waals surface area contributed by atoms with Crippen LogP contribution < -0.4 is 4.74 Å². The summed E-state index contributed by atoms with van der Waals surface area (Å²) in [6, 6.07) is 12.2. The van der Waals surface area contributed by atoms with Crippen LogP contribution in [0.25, 0.3) is 0 Å². The first-order valence-corrected chi connectivity index (χ1v) is 8.93. The maximum absolute atomic E-state index is 5.46. The number of amidine groups is 1. The van der Waals surface area contributed by atoms with Gasteiger partial charge in [-0.05, 0) is 42.6 Å². The fourth-order valence-corrected chi connectivity index (χ4v) is 4.39. The Morgan fingerprint density at radius 2 is 1.95 bits per heavy atom. The number of benzene rings is 1. The number of ether oxygens (including phenoxy) is 1. The van der Waals surface area contributed by atoms with E-state index >= 15 is 0 Å². The van der Waals surface area contributed by atoms with Gasteiger partial charge in [0.25, 0.3) is 0 Å². The molecule has 1 unspecified atom stereocenters. The fraction of sp³-hybridized carbons (Fsp3) is 0.312. The Labute approximate surface area is 139 Å². The highest BCUT2D eigenvalue weighted by Crippen LogP contribution is 2.42. The molecule has 0 spiro atoms. The number of aliphatic imine (C=N–C) groups is 1. The van der Waals surface area contributed by atoms with Gasteiger partial charge in [-0.25, -0.2) is 10.0 Å². The lowest BCUT2D eigenvalue weighted by Gasteiger charge is -2.23. The van der Waals surface area contributed by atoms with Crippen LogP contribution in [0.1, 0.15) is 17.2 Å². The number of thiophene rings is 1. The van der Waals surface area contributed by atoms with E-state index in [1.807, 2.05) is 38.2 Å². The molecule has 1 saturated heterocycles. The monoisotopic (exact) mass is 333 g/mol. The molecule has 0 N–H and O–H groups in total. The van der Waals surface area contributed by atoms with Crippen LogP contribution in [0.2, 0.25) is 0 Å². The van der Waals surface area contributed by atoms with E-state index in [1.54, 1.807) is 23.1 Å². The number of rotatable bonds is 4. The molecule has 1 aliphatic heterocycles. The average molecular weight is 333 g/mol. The smallest absolute Gasteiger partial charge is 0.180 e. The molecule has 3 rings (SSSR count). The van der Waals surface area contributed by atoms with Gasteiger partial charge in [0.1, 0.15) is 11.1 Å². The quantitative estimate of drug-likeness (QED) is 0.831. The summed E-state index contributed by atoms with van der Waals surface area (Å²) in [6.45, 7) is 2.67. The molecular weight excluding hydrogens is 314 g/mol. The fourth-order valence-electron chi connectivity index (χ4n) is 2.21. The van der Waals surface area contributed by atoms with Crippen molar-refractivity contribution in [3.8, 4) is 5.75 Å². The largest absolute Gasteiger partial charge is 0.494 e. The molecule has 4 nitrogen and oxygen atoms in total. The number of hydrogen-bond acceptors (Lipinski definition) is 5. The van der Waals surface area contributed by atoms with Crippen molar-refractivity contribution in [2.24, 2.45) is 4.99 Å². The Hall–Kier alpha value is -1.50. The third-order valence-corrected chi connectivity index (χ3v) is 5.89. The maximum Gasteiger partial charge on any atom is 0.180 e. The van der Waals surface area contributed by atoms with Gasteiger partial charge >= 0.3 is 0 Å². The molecule has 2 aromatic rings. The SMILES string of the molecule is CCOc1ccc(N=C2SC(c3cccs3)N(C)N2C)cc1. The molecule has 0 radical (unpaired) electrons. The molecule has 1 fully saturated rings. The van der Waals surface area contributed by atoms with Gasteiger partial charge in [-0.1, -0.05) is 17.8 Å². The zero-order valence-corrected chi connectivity index (χ0v) is 14.5. The van der Waals surface area contributed by atoms with E-state index in [0.717, 1.165) is 16.6 Å². The van der Waals surface area contributed by atoms with Crippen LogP contribution in [0, 0.1) is 0 Å². The van der Waals surface area contributed by atoms with Gasteiger partial charge in [-0.2, -0.15) is 0 Å². The van der Waals surface area contributed by atoms with Gasteiger partial charge < -0.3 is 4.74 Å². The Kier molecular flexibility index (Phi) is 4.71. The van der Waals surface area contributed by atoms with Crippen LogP contribution in [0.5, 0.6) is 5.75 Å². The molecule has 2 heterocycles. The Morgan fingerprint density at radius 1 is 1.18 bits per heavy atom. The topological polar surface area (TPSA) is 28.1 Å². The van der Waals surface area contributed by atoms with Gasteiger partial charge in [0.05, 0.1) is 12.3 Å². The highest BCUT2D eigenvalue weighted by Gasteiger charge is 2.33. The first-order chi connectivity index (χ1) is 10.7. The van der Waals surface area contributed by atoms with Crippen molar-refractivity contribution in [3.63, 3.8) is 0 Å². The van der Waals surface area contributed by atoms with Gasteiger partial charge in [-0.3, -0.25) is 5.01 Å². The Morgan fingerprint density at radius 3 is 2.59 bits per heavy atom. The minimum Gasteiger partial charge on any atom is -0.494 e. The van der Waals surface area contributed by atoms with Crippen LogP contribution in [0.4, 0.5) is 5.69 Å². The molecule has 0 amide bonds. The van der Waals surface area contributed by atoms with E-state index in [4.69, 9.17) is 9.73 Å². The molecule has 6 heteroatoms. The molecular formula is C16H19N3OS2. The van der Waals surface area contributed by atoms with Crippen molar-refractivity contribution in [2.45, 2.75) is 12.3 Å².